The first kappa shape index (κ1) is 14.6. The Balaban J connectivity index is 2.33. The summed E-state index contributed by atoms with van der Waals surface area (Å²) >= 11 is 12.5. The molecule has 2 atom stereocenters. The summed E-state index contributed by atoms with van der Waals surface area (Å²) in [5.74, 6) is 0. The molecule has 1 aliphatic rings. The second-order valence-electron chi connectivity index (χ2n) is 5.02. The molecule has 2 rings (SSSR count). The van der Waals surface area contributed by atoms with Crippen LogP contribution in [0.4, 0.5) is 0 Å². The molecule has 0 amide bonds. The van der Waals surface area contributed by atoms with E-state index in [9.17, 15) is 5.26 Å². The highest BCUT2D eigenvalue weighted by atomic mass is 35.5. The van der Waals surface area contributed by atoms with Gasteiger partial charge in [0, 0.05) is 41.3 Å². The lowest BCUT2D eigenvalue weighted by Crippen LogP contribution is -2.51. The number of benzene rings is 1. The van der Waals surface area contributed by atoms with Crippen LogP contribution in [0.15, 0.2) is 18.2 Å². The zero-order valence-electron chi connectivity index (χ0n) is 11.1. The summed E-state index contributed by atoms with van der Waals surface area (Å²) in [7, 11) is 2.09. The molecule has 2 unspecified atom stereocenters. The summed E-state index contributed by atoms with van der Waals surface area (Å²) in [4.78, 5) is 4.44. The molecule has 1 saturated heterocycles. The molecule has 1 aliphatic heterocycles. The topological polar surface area (TPSA) is 30.3 Å². The van der Waals surface area contributed by atoms with Crippen molar-refractivity contribution in [2.75, 3.05) is 26.7 Å². The zero-order chi connectivity index (χ0) is 14.0. The molecular formula is C14H17Cl2N3. The first-order valence-electron chi connectivity index (χ1n) is 6.32. The number of hydrogen-bond donors (Lipinski definition) is 0. The monoisotopic (exact) mass is 297 g/mol. The third-order valence-electron chi connectivity index (χ3n) is 3.61. The van der Waals surface area contributed by atoms with E-state index in [2.05, 4.69) is 29.8 Å². The number of hydrogen-bond acceptors (Lipinski definition) is 3. The van der Waals surface area contributed by atoms with Gasteiger partial charge in [0.05, 0.1) is 6.07 Å². The second-order valence-corrected chi connectivity index (χ2v) is 5.83. The summed E-state index contributed by atoms with van der Waals surface area (Å²) in [5.41, 5.74) is 0.727. The van der Waals surface area contributed by atoms with Crippen LogP contribution in [0.1, 0.15) is 18.5 Å². The van der Waals surface area contributed by atoms with Crippen molar-refractivity contribution in [2.45, 2.75) is 19.0 Å². The molecule has 0 radical (unpaired) electrons. The van der Waals surface area contributed by atoms with Crippen LogP contribution in [0.2, 0.25) is 10.0 Å². The lowest BCUT2D eigenvalue weighted by molar-refractivity contribution is 0.0797. The van der Waals surface area contributed by atoms with Gasteiger partial charge < -0.3 is 4.90 Å². The van der Waals surface area contributed by atoms with Crippen LogP contribution in [-0.4, -0.2) is 42.5 Å². The molecule has 0 saturated carbocycles. The third-order valence-corrected chi connectivity index (χ3v) is 4.27. The van der Waals surface area contributed by atoms with E-state index in [0.29, 0.717) is 16.1 Å². The molecule has 0 bridgehead atoms. The number of halogens is 2. The highest BCUT2D eigenvalue weighted by Gasteiger charge is 2.31. The smallest absolute Gasteiger partial charge is 0.127 e. The molecule has 0 aliphatic carbocycles. The van der Waals surface area contributed by atoms with Crippen molar-refractivity contribution in [2.24, 2.45) is 0 Å². The van der Waals surface area contributed by atoms with Gasteiger partial charge in [0.15, 0.2) is 0 Å². The van der Waals surface area contributed by atoms with Gasteiger partial charge in [-0.3, -0.25) is 4.90 Å². The SMILES string of the molecule is CC1CN(C)CCN1C(C#N)c1c(Cl)cccc1Cl. The predicted octanol–water partition coefficient (Wildman–Crippen LogP) is 3.19. The van der Waals surface area contributed by atoms with Crippen molar-refractivity contribution in [3.8, 4) is 6.07 Å². The minimum atomic E-state index is -0.384. The summed E-state index contributed by atoms with van der Waals surface area (Å²) in [6.45, 7) is 4.87. The van der Waals surface area contributed by atoms with E-state index in [-0.39, 0.29) is 6.04 Å². The average molecular weight is 298 g/mol. The Morgan fingerprint density at radius 2 is 1.95 bits per heavy atom. The standard InChI is InChI=1S/C14H17Cl2N3/c1-10-9-18(2)6-7-19(10)13(8-17)14-11(15)4-3-5-12(14)16/h3-5,10,13H,6-7,9H2,1-2H3. The first-order valence-corrected chi connectivity index (χ1v) is 7.08. The minimum Gasteiger partial charge on any atom is -0.304 e. The Morgan fingerprint density at radius 1 is 1.32 bits per heavy atom. The van der Waals surface area contributed by atoms with E-state index >= 15 is 0 Å². The second kappa shape index (κ2) is 6.11. The largest absolute Gasteiger partial charge is 0.304 e. The van der Waals surface area contributed by atoms with Crippen LogP contribution >= 0.6 is 23.2 Å². The lowest BCUT2D eigenvalue weighted by atomic mass is 10.0. The minimum absolute atomic E-state index is 0.302. The molecular weight excluding hydrogens is 281 g/mol. The molecule has 102 valence electrons. The van der Waals surface area contributed by atoms with Crippen LogP contribution in [0.3, 0.4) is 0 Å². The van der Waals surface area contributed by atoms with Gasteiger partial charge in [0.1, 0.15) is 6.04 Å². The van der Waals surface area contributed by atoms with Crippen LogP contribution < -0.4 is 0 Å². The molecule has 1 aromatic carbocycles. The Kier molecular flexibility index (Phi) is 4.70. The molecule has 19 heavy (non-hydrogen) atoms. The van der Waals surface area contributed by atoms with E-state index in [0.717, 1.165) is 25.2 Å². The van der Waals surface area contributed by atoms with E-state index in [1.165, 1.54) is 0 Å². The summed E-state index contributed by atoms with van der Waals surface area (Å²) in [6, 6.07) is 7.64. The van der Waals surface area contributed by atoms with Gasteiger partial charge in [0.2, 0.25) is 0 Å². The maximum Gasteiger partial charge on any atom is 0.127 e. The molecule has 0 spiro atoms. The summed E-state index contributed by atoms with van der Waals surface area (Å²) in [5, 5.41) is 10.7. The van der Waals surface area contributed by atoms with Crippen molar-refractivity contribution in [3.63, 3.8) is 0 Å². The number of piperazine rings is 1. The summed E-state index contributed by atoms with van der Waals surface area (Å²) < 4.78 is 0. The Hall–Kier alpha value is -0.790. The van der Waals surface area contributed by atoms with Gasteiger partial charge in [0.25, 0.3) is 0 Å². The highest BCUT2D eigenvalue weighted by Crippen LogP contribution is 2.34. The van der Waals surface area contributed by atoms with E-state index in [1.54, 1.807) is 18.2 Å². The van der Waals surface area contributed by atoms with Gasteiger partial charge in [-0.25, -0.2) is 0 Å². The van der Waals surface area contributed by atoms with Crippen LogP contribution in [-0.2, 0) is 0 Å². The normalized spacial score (nSPS) is 23.0. The Bertz CT molecular complexity index is 478. The molecule has 1 heterocycles. The van der Waals surface area contributed by atoms with Crippen molar-refractivity contribution in [1.29, 1.82) is 5.26 Å². The van der Waals surface area contributed by atoms with Crippen LogP contribution in [0.5, 0.6) is 0 Å². The van der Waals surface area contributed by atoms with Gasteiger partial charge in [-0.05, 0) is 26.1 Å². The molecule has 3 nitrogen and oxygen atoms in total. The number of rotatable bonds is 2. The third kappa shape index (κ3) is 3.04. The molecule has 0 N–H and O–H groups in total. The maximum atomic E-state index is 9.54. The Labute approximate surface area is 124 Å². The zero-order valence-corrected chi connectivity index (χ0v) is 12.6. The maximum absolute atomic E-state index is 9.54. The fourth-order valence-electron chi connectivity index (χ4n) is 2.61. The van der Waals surface area contributed by atoms with E-state index in [1.807, 2.05) is 0 Å². The van der Waals surface area contributed by atoms with Crippen LogP contribution in [0, 0.1) is 11.3 Å². The van der Waals surface area contributed by atoms with Gasteiger partial charge in [-0.15, -0.1) is 0 Å². The Morgan fingerprint density at radius 3 is 2.47 bits per heavy atom. The summed E-state index contributed by atoms with van der Waals surface area (Å²) in [6.07, 6.45) is 0. The highest BCUT2D eigenvalue weighted by molar-refractivity contribution is 6.36. The van der Waals surface area contributed by atoms with Gasteiger partial charge in [-0.1, -0.05) is 29.3 Å². The molecule has 1 fully saturated rings. The van der Waals surface area contributed by atoms with Crippen molar-refractivity contribution in [1.82, 2.24) is 9.80 Å². The van der Waals surface area contributed by atoms with Crippen molar-refractivity contribution in [3.05, 3.63) is 33.8 Å². The number of likely N-dealkylation sites (N-methyl/N-ethyl adjacent to an activating group) is 1. The fraction of sp³-hybridized carbons (Fsp3) is 0.500. The fourth-order valence-corrected chi connectivity index (χ4v) is 3.22. The van der Waals surface area contributed by atoms with Crippen molar-refractivity contribution < 1.29 is 0 Å². The van der Waals surface area contributed by atoms with Crippen molar-refractivity contribution >= 4 is 23.2 Å². The van der Waals surface area contributed by atoms with E-state index in [4.69, 9.17) is 23.2 Å². The number of nitriles is 1. The van der Waals surface area contributed by atoms with Crippen LogP contribution in [0.25, 0.3) is 0 Å². The van der Waals surface area contributed by atoms with E-state index < -0.39 is 0 Å². The molecule has 1 aromatic rings. The average Bonchev–Trinajstić information content (AvgIpc) is 2.35. The van der Waals surface area contributed by atoms with Gasteiger partial charge >= 0.3 is 0 Å². The number of nitrogens with zero attached hydrogens (tertiary/aromatic N) is 3. The lowest BCUT2D eigenvalue weighted by Gasteiger charge is -2.40. The molecule has 5 heteroatoms. The van der Waals surface area contributed by atoms with Gasteiger partial charge in [-0.2, -0.15) is 5.26 Å². The quantitative estimate of drug-likeness (QED) is 0.840. The molecule has 0 aromatic heterocycles. The predicted molar refractivity (Wildman–Crippen MR) is 78.5 cm³/mol. The first-order chi connectivity index (χ1) is 9.04.